The number of aromatic nitrogens is 2. The third-order valence-electron chi connectivity index (χ3n) is 5.11. The predicted octanol–water partition coefficient (Wildman–Crippen LogP) is 4.06. The quantitative estimate of drug-likeness (QED) is 0.457. The lowest BCUT2D eigenvalue weighted by atomic mass is 9.98. The van der Waals surface area contributed by atoms with Crippen molar-refractivity contribution in [3.63, 3.8) is 0 Å². The van der Waals surface area contributed by atoms with Gasteiger partial charge < -0.3 is 13.9 Å². The number of halogens is 1. The molecule has 1 amide bonds. The summed E-state index contributed by atoms with van der Waals surface area (Å²) in [6, 6.07) is 9.14. The fourth-order valence-corrected chi connectivity index (χ4v) is 4.51. The van der Waals surface area contributed by atoms with Crippen LogP contribution in [0.3, 0.4) is 0 Å². The van der Waals surface area contributed by atoms with Crippen molar-refractivity contribution in [3.8, 4) is 11.5 Å². The maximum Gasteiger partial charge on any atom is 0.297 e. The molecular weight excluding hydrogens is 442 g/mol. The first-order valence-electron chi connectivity index (χ1n) is 9.11. The van der Waals surface area contributed by atoms with E-state index in [-0.39, 0.29) is 22.3 Å². The van der Waals surface area contributed by atoms with Crippen molar-refractivity contribution in [3.05, 3.63) is 74.0 Å². The number of carbonyl (C=O) groups excluding carboxylic acids is 1. The third-order valence-corrected chi connectivity index (χ3v) is 6.03. The van der Waals surface area contributed by atoms with Gasteiger partial charge in [0.2, 0.25) is 10.9 Å². The van der Waals surface area contributed by atoms with E-state index in [9.17, 15) is 9.59 Å². The molecule has 5 rings (SSSR count). The molecule has 0 N–H and O–H groups in total. The van der Waals surface area contributed by atoms with Crippen molar-refractivity contribution >= 4 is 44.9 Å². The van der Waals surface area contributed by atoms with Crippen LogP contribution >= 0.6 is 22.9 Å². The highest BCUT2D eigenvalue weighted by atomic mass is 35.5. The molecule has 3 heterocycles. The Kier molecular flexibility index (Phi) is 4.64. The molecule has 8 nitrogen and oxygen atoms in total. The smallest absolute Gasteiger partial charge is 0.297 e. The first kappa shape index (κ1) is 19.5. The molecule has 1 aliphatic rings. The highest BCUT2D eigenvalue weighted by Gasteiger charge is 2.45. The molecule has 0 saturated heterocycles. The van der Waals surface area contributed by atoms with Crippen LogP contribution in [0.4, 0.5) is 5.13 Å². The number of methoxy groups -OCH3 is 2. The maximum absolute atomic E-state index is 13.5. The number of anilines is 1. The normalized spacial score (nSPS) is 15.4. The average Bonchev–Trinajstić information content (AvgIpc) is 3.40. The van der Waals surface area contributed by atoms with Crippen LogP contribution in [-0.4, -0.2) is 30.3 Å². The van der Waals surface area contributed by atoms with Crippen LogP contribution in [0, 0.1) is 0 Å². The molecule has 0 saturated carbocycles. The summed E-state index contributed by atoms with van der Waals surface area (Å²) in [7, 11) is 3.05. The SMILES string of the molecule is COc1ccc(C2c3c(oc4ccc(Cl)cc4c3=O)C(=O)N2c2nncs2)cc1OC. The van der Waals surface area contributed by atoms with Gasteiger partial charge in [-0.25, -0.2) is 0 Å². The van der Waals surface area contributed by atoms with E-state index in [1.54, 1.807) is 30.3 Å². The second-order valence-corrected chi connectivity index (χ2v) is 7.98. The first-order valence-corrected chi connectivity index (χ1v) is 10.4. The number of ether oxygens (including phenoxy) is 2. The summed E-state index contributed by atoms with van der Waals surface area (Å²) in [6.07, 6.45) is 0. The molecule has 4 aromatic rings. The van der Waals surface area contributed by atoms with Gasteiger partial charge in [0.25, 0.3) is 5.91 Å². The first-order chi connectivity index (χ1) is 15.0. The summed E-state index contributed by atoms with van der Waals surface area (Å²) in [5.41, 5.74) is 2.31. The molecule has 2 aromatic heterocycles. The third kappa shape index (κ3) is 2.96. The van der Waals surface area contributed by atoms with Crippen molar-refractivity contribution in [2.45, 2.75) is 6.04 Å². The number of benzene rings is 2. The second-order valence-electron chi connectivity index (χ2n) is 6.73. The standard InChI is InChI=1S/C21H14ClN3O5S/c1-28-14-5-3-10(7-15(14)29-2)17-16-18(26)12-8-11(22)4-6-13(12)30-19(16)20(27)25(17)21-24-23-9-31-21/h3-9,17H,1-2H3. The molecule has 1 atom stereocenters. The zero-order valence-electron chi connectivity index (χ0n) is 16.3. The molecule has 0 aliphatic carbocycles. The van der Waals surface area contributed by atoms with Crippen LogP contribution in [0.15, 0.2) is 51.1 Å². The van der Waals surface area contributed by atoms with Gasteiger partial charge in [0.1, 0.15) is 11.1 Å². The van der Waals surface area contributed by atoms with E-state index in [2.05, 4.69) is 10.2 Å². The number of nitrogens with zero attached hydrogens (tertiary/aromatic N) is 3. The van der Waals surface area contributed by atoms with Gasteiger partial charge in [-0.2, -0.15) is 0 Å². The summed E-state index contributed by atoms with van der Waals surface area (Å²) in [5.74, 6) is 0.484. The highest BCUT2D eigenvalue weighted by Crippen LogP contribution is 2.43. The average molecular weight is 456 g/mol. The number of carbonyl (C=O) groups is 1. The van der Waals surface area contributed by atoms with Crippen LogP contribution < -0.4 is 19.8 Å². The van der Waals surface area contributed by atoms with Crippen molar-refractivity contribution in [1.29, 1.82) is 0 Å². The van der Waals surface area contributed by atoms with Gasteiger partial charge in [-0.1, -0.05) is 29.0 Å². The summed E-state index contributed by atoms with van der Waals surface area (Å²) in [4.78, 5) is 28.3. The Morgan fingerprint density at radius 3 is 2.61 bits per heavy atom. The Labute approximate surface area is 184 Å². The number of amides is 1. The molecule has 31 heavy (non-hydrogen) atoms. The number of hydrogen-bond acceptors (Lipinski definition) is 8. The zero-order valence-corrected chi connectivity index (χ0v) is 17.9. The monoisotopic (exact) mass is 455 g/mol. The lowest BCUT2D eigenvalue weighted by Gasteiger charge is -2.22. The van der Waals surface area contributed by atoms with Crippen LogP contribution in [0.25, 0.3) is 11.0 Å². The molecule has 0 fully saturated rings. The van der Waals surface area contributed by atoms with Crippen LogP contribution in [-0.2, 0) is 0 Å². The van der Waals surface area contributed by atoms with E-state index in [0.717, 1.165) is 0 Å². The van der Waals surface area contributed by atoms with Gasteiger partial charge in [0.05, 0.1) is 31.2 Å². The van der Waals surface area contributed by atoms with Crippen LogP contribution in [0.2, 0.25) is 5.02 Å². The Morgan fingerprint density at radius 1 is 1.10 bits per heavy atom. The lowest BCUT2D eigenvalue weighted by Crippen LogP contribution is -2.29. The van der Waals surface area contributed by atoms with E-state index in [1.807, 2.05) is 0 Å². The molecular formula is C21H14ClN3O5S. The molecule has 1 aliphatic heterocycles. The van der Waals surface area contributed by atoms with Gasteiger partial charge >= 0.3 is 0 Å². The van der Waals surface area contributed by atoms with Crippen molar-refractivity contribution in [2.75, 3.05) is 19.1 Å². The summed E-state index contributed by atoms with van der Waals surface area (Å²) in [5, 5.41) is 8.93. The Hall–Kier alpha value is -3.43. The van der Waals surface area contributed by atoms with Gasteiger partial charge in [-0.05, 0) is 35.9 Å². The predicted molar refractivity (Wildman–Crippen MR) is 116 cm³/mol. The van der Waals surface area contributed by atoms with Gasteiger partial charge in [0.15, 0.2) is 16.9 Å². The molecule has 1 unspecified atom stereocenters. The molecule has 10 heteroatoms. The molecule has 156 valence electrons. The molecule has 0 bridgehead atoms. The Bertz CT molecular complexity index is 1390. The van der Waals surface area contributed by atoms with Gasteiger partial charge in [-0.15, -0.1) is 10.2 Å². The Balaban J connectivity index is 1.81. The molecule has 0 radical (unpaired) electrons. The number of hydrogen-bond donors (Lipinski definition) is 0. The summed E-state index contributed by atoms with van der Waals surface area (Å²) >= 11 is 7.29. The van der Waals surface area contributed by atoms with Crippen molar-refractivity contribution in [2.24, 2.45) is 0 Å². The minimum atomic E-state index is -0.783. The fraction of sp³-hybridized carbons (Fsp3) is 0.143. The minimum Gasteiger partial charge on any atom is -0.493 e. The summed E-state index contributed by atoms with van der Waals surface area (Å²) in [6.45, 7) is 0. The number of rotatable bonds is 4. The Morgan fingerprint density at radius 2 is 1.90 bits per heavy atom. The van der Waals surface area contributed by atoms with Crippen molar-refractivity contribution in [1.82, 2.24) is 10.2 Å². The van der Waals surface area contributed by atoms with E-state index in [0.29, 0.717) is 32.6 Å². The van der Waals surface area contributed by atoms with Crippen LogP contribution in [0.5, 0.6) is 11.5 Å². The zero-order chi connectivity index (χ0) is 21.7. The topological polar surface area (TPSA) is 94.8 Å². The van der Waals surface area contributed by atoms with E-state index < -0.39 is 11.9 Å². The van der Waals surface area contributed by atoms with Gasteiger partial charge in [-0.3, -0.25) is 14.5 Å². The highest BCUT2D eigenvalue weighted by molar-refractivity contribution is 7.13. The second kappa shape index (κ2) is 7.36. The molecule has 2 aromatic carbocycles. The number of fused-ring (bicyclic) bond motifs is 2. The molecule has 0 spiro atoms. The van der Waals surface area contributed by atoms with E-state index >= 15 is 0 Å². The van der Waals surface area contributed by atoms with E-state index in [1.165, 1.54) is 42.0 Å². The largest absolute Gasteiger partial charge is 0.493 e. The van der Waals surface area contributed by atoms with Gasteiger partial charge in [0, 0.05) is 5.02 Å². The maximum atomic E-state index is 13.5. The fourth-order valence-electron chi connectivity index (χ4n) is 3.75. The summed E-state index contributed by atoms with van der Waals surface area (Å²) < 4.78 is 16.6. The minimum absolute atomic E-state index is 0.0326. The van der Waals surface area contributed by atoms with Crippen molar-refractivity contribution < 1.29 is 18.7 Å². The lowest BCUT2D eigenvalue weighted by molar-refractivity contribution is 0.0970. The van der Waals surface area contributed by atoms with E-state index in [4.69, 9.17) is 25.5 Å². The van der Waals surface area contributed by atoms with Crippen LogP contribution in [0.1, 0.15) is 27.7 Å².